The minimum absolute atomic E-state index is 0.0103. The fourth-order valence-corrected chi connectivity index (χ4v) is 3.50. The summed E-state index contributed by atoms with van der Waals surface area (Å²) in [6, 6.07) is 13.2. The molecule has 1 aromatic carbocycles. The quantitative estimate of drug-likeness (QED) is 0.593. The number of carbonyl (C=O) groups is 3. The Bertz CT molecular complexity index is 913. The summed E-state index contributed by atoms with van der Waals surface area (Å²) in [7, 11) is 0. The lowest BCUT2D eigenvalue weighted by Crippen LogP contribution is -2.44. The van der Waals surface area contributed by atoms with E-state index in [2.05, 4.69) is 15.6 Å². The topological polar surface area (TPSA) is 101 Å². The van der Waals surface area contributed by atoms with Crippen LogP contribution in [0, 0.1) is 6.92 Å². The summed E-state index contributed by atoms with van der Waals surface area (Å²) in [5, 5.41) is 5.56. The smallest absolute Gasteiger partial charge is 0.239 e. The molecule has 3 rings (SSSR count). The van der Waals surface area contributed by atoms with Crippen molar-refractivity contribution in [2.24, 2.45) is 0 Å². The van der Waals surface area contributed by atoms with Gasteiger partial charge in [0, 0.05) is 38.7 Å². The fraction of sp³-hybridized carbons (Fsp3) is 0.417. The summed E-state index contributed by atoms with van der Waals surface area (Å²) in [6.07, 6.45) is 3.37. The molecule has 170 valence electrons. The molecule has 1 atom stereocenters. The van der Waals surface area contributed by atoms with E-state index in [0.29, 0.717) is 25.5 Å². The molecule has 8 nitrogen and oxygen atoms in total. The lowest BCUT2D eigenvalue weighted by atomic mass is 10.2. The van der Waals surface area contributed by atoms with Gasteiger partial charge in [0.1, 0.15) is 5.82 Å². The van der Waals surface area contributed by atoms with Gasteiger partial charge in [-0.05, 0) is 43.0 Å². The molecule has 2 N–H and O–H groups in total. The Labute approximate surface area is 188 Å². The molecule has 2 aromatic rings. The molecule has 1 fully saturated rings. The fourth-order valence-electron chi connectivity index (χ4n) is 3.50. The Morgan fingerprint density at radius 1 is 1.12 bits per heavy atom. The Morgan fingerprint density at radius 3 is 2.66 bits per heavy atom. The van der Waals surface area contributed by atoms with Gasteiger partial charge in [-0.2, -0.15) is 0 Å². The van der Waals surface area contributed by atoms with Crippen molar-refractivity contribution in [3.05, 3.63) is 59.8 Å². The van der Waals surface area contributed by atoms with Crippen LogP contribution in [0.15, 0.2) is 48.7 Å². The summed E-state index contributed by atoms with van der Waals surface area (Å²) in [6.45, 7) is 3.25. The number of pyridine rings is 1. The molecule has 1 aromatic heterocycles. The number of benzene rings is 1. The summed E-state index contributed by atoms with van der Waals surface area (Å²) in [5.41, 5.74) is 1.97. The Morgan fingerprint density at radius 2 is 1.94 bits per heavy atom. The molecule has 1 aliphatic heterocycles. The zero-order valence-corrected chi connectivity index (χ0v) is 18.4. The zero-order valence-electron chi connectivity index (χ0n) is 18.4. The molecule has 1 saturated heterocycles. The number of aryl methyl sites for hydroxylation is 1. The lowest BCUT2D eigenvalue weighted by molar-refractivity contribution is -0.138. The number of ether oxygens (including phenoxy) is 1. The number of aromatic nitrogens is 1. The predicted octanol–water partition coefficient (Wildman–Crippen LogP) is 2.43. The summed E-state index contributed by atoms with van der Waals surface area (Å²) in [5.74, 6) is -0.322. The van der Waals surface area contributed by atoms with E-state index in [-0.39, 0.29) is 43.2 Å². The van der Waals surface area contributed by atoms with Crippen LogP contribution in [0.2, 0.25) is 0 Å². The monoisotopic (exact) mass is 438 g/mol. The van der Waals surface area contributed by atoms with Crippen LogP contribution in [0.4, 0.5) is 5.82 Å². The van der Waals surface area contributed by atoms with E-state index in [0.717, 1.165) is 24.0 Å². The van der Waals surface area contributed by atoms with Crippen LogP contribution in [0.25, 0.3) is 0 Å². The van der Waals surface area contributed by atoms with Gasteiger partial charge in [-0.15, -0.1) is 0 Å². The molecule has 0 bridgehead atoms. The number of hydrogen-bond acceptors (Lipinski definition) is 5. The first-order chi connectivity index (χ1) is 15.5. The number of amides is 3. The van der Waals surface area contributed by atoms with Gasteiger partial charge in [0.05, 0.1) is 12.6 Å². The van der Waals surface area contributed by atoms with Gasteiger partial charge >= 0.3 is 0 Å². The van der Waals surface area contributed by atoms with Gasteiger partial charge in [0.2, 0.25) is 17.7 Å². The maximum Gasteiger partial charge on any atom is 0.239 e. The molecule has 3 amide bonds. The third kappa shape index (κ3) is 7.77. The van der Waals surface area contributed by atoms with Crippen LogP contribution >= 0.6 is 0 Å². The molecule has 1 unspecified atom stereocenters. The van der Waals surface area contributed by atoms with Crippen LogP contribution in [0.3, 0.4) is 0 Å². The maximum absolute atomic E-state index is 12.8. The zero-order chi connectivity index (χ0) is 22.8. The van der Waals surface area contributed by atoms with Crippen molar-refractivity contribution < 1.29 is 19.1 Å². The van der Waals surface area contributed by atoms with E-state index >= 15 is 0 Å². The van der Waals surface area contributed by atoms with Gasteiger partial charge in [0.15, 0.2) is 0 Å². The van der Waals surface area contributed by atoms with Crippen molar-refractivity contribution in [1.82, 2.24) is 15.2 Å². The molecular formula is C24H30N4O4. The third-order valence-corrected chi connectivity index (χ3v) is 5.22. The van der Waals surface area contributed by atoms with Crippen molar-refractivity contribution in [3.63, 3.8) is 0 Å². The number of carbonyl (C=O) groups excluding carboxylic acids is 3. The first-order valence-corrected chi connectivity index (χ1v) is 10.9. The van der Waals surface area contributed by atoms with E-state index in [1.54, 1.807) is 12.3 Å². The number of nitrogens with one attached hydrogen (secondary N) is 2. The van der Waals surface area contributed by atoms with Gasteiger partial charge < -0.3 is 20.3 Å². The second-order valence-electron chi connectivity index (χ2n) is 7.94. The predicted molar refractivity (Wildman–Crippen MR) is 121 cm³/mol. The number of rotatable bonds is 10. The van der Waals surface area contributed by atoms with Crippen LogP contribution < -0.4 is 10.6 Å². The van der Waals surface area contributed by atoms with E-state index in [4.69, 9.17) is 4.74 Å². The molecule has 0 radical (unpaired) electrons. The van der Waals surface area contributed by atoms with E-state index in [1.807, 2.05) is 43.3 Å². The minimum Gasteiger partial charge on any atom is -0.376 e. The SMILES string of the molecule is Cc1ccnc(NC(=O)CCC(=O)N(CC(=O)NCc2ccccc2)CC2CCCO2)c1. The number of anilines is 1. The van der Waals surface area contributed by atoms with Crippen LogP contribution in [0.1, 0.15) is 36.8 Å². The van der Waals surface area contributed by atoms with Gasteiger partial charge in [-0.25, -0.2) is 4.98 Å². The Balaban J connectivity index is 1.51. The second-order valence-corrected chi connectivity index (χ2v) is 7.94. The van der Waals surface area contributed by atoms with Crippen molar-refractivity contribution in [2.45, 2.75) is 45.3 Å². The molecule has 0 saturated carbocycles. The average Bonchev–Trinajstić information content (AvgIpc) is 3.29. The lowest BCUT2D eigenvalue weighted by Gasteiger charge is -2.25. The van der Waals surface area contributed by atoms with E-state index in [1.165, 1.54) is 4.90 Å². The summed E-state index contributed by atoms with van der Waals surface area (Å²) < 4.78 is 5.65. The van der Waals surface area contributed by atoms with Gasteiger partial charge in [0.25, 0.3) is 0 Å². The Hall–Kier alpha value is -3.26. The molecule has 8 heteroatoms. The minimum atomic E-state index is -0.290. The molecule has 2 heterocycles. The molecule has 32 heavy (non-hydrogen) atoms. The Kier molecular flexibility index (Phi) is 8.74. The third-order valence-electron chi connectivity index (χ3n) is 5.22. The number of nitrogens with zero attached hydrogens (tertiary/aromatic N) is 2. The van der Waals surface area contributed by atoms with Crippen molar-refractivity contribution in [1.29, 1.82) is 0 Å². The van der Waals surface area contributed by atoms with Crippen LogP contribution in [-0.2, 0) is 25.7 Å². The highest BCUT2D eigenvalue weighted by Crippen LogP contribution is 2.14. The average molecular weight is 439 g/mol. The highest BCUT2D eigenvalue weighted by molar-refractivity contribution is 5.93. The highest BCUT2D eigenvalue weighted by Gasteiger charge is 2.24. The largest absolute Gasteiger partial charge is 0.376 e. The second kappa shape index (κ2) is 12.0. The molecule has 0 spiro atoms. The van der Waals surface area contributed by atoms with E-state index < -0.39 is 0 Å². The summed E-state index contributed by atoms with van der Waals surface area (Å²) in [4.78, 5) is 43.2. The van der Waals surface area contributed by atoms with Crippen molar-refractivity contribution in [3.8, 4) is 0 Å². The van der Waals surface area contributed by atoms with Gasteiger partial charge in [-0.1, -0.05) is 30.3 Å². The molecule has 0 aliphatic carbocycles. The first-order valence-electron chi connectivity index (χ1n) is 10.9. The normalized spacial score (nSPS) is 15.2. The standard InChI is InChI=1S/C24H30N4O4/c1-18-11-12-25-21(14-18)27-22(29)9-10-24(31)28(16-20-8-5-13-32-20)17-23(30)26-15-19-6-3-2-4-7-19/h2-4,6-7,11-12,14,20H,5,8-10,13,15-17H2,1H3,(H,26,30)(H,25,27,29). The first kappa shape index (κ1) is 23.4. The number of hydrogen-bond donors (Lipinski definition) is 2. The van der Waals surface area contributed by atoms with Crippen LogP contribution in [0.5, 0.6) is 0 Å². The van der Waals surface area contributed by atoms with Crippen molar-refractivity contribution >= 4 is 23.5 Å². The van der Waals surface area contributed by atoms with E-state index in [9.17, 15) is 14.4 Å². The van der Waals surface area contributed by atoms with Gasteiger partial charge in [-0.3, -0.25) is 14.4 Å². The van der Waals surface area contributed by atoms with Crippen molar-refractivity contribution in [2.75, 3.05) is 25.0 Å². The van der Waals surface area contributed by atoms with Crippen LogP contribution in [-0.4, -0.2) is 53.4 Å². The maximum atomic E-state index is 12.8. The summed E-state index contributed by atoms with van der Waals surface area (Å²) >= 11 is 0. The highest BCUT2D eigenvalue weighted by atomic mass is 16.5. The molecule has 1 aliphatic rings. The molecular weight excluding hydrogens is 408 g/mol.